The van der Waals surface area contributed by atoms with Crippen molar-refractivity contribution in [1.82, 2.24) is 0 Å². The number of rotatable bonds is 15. The van der Waals surface area contributed by atoms with Crippen molar-refractivity contribution in [3.8, 4) is 28.4 Å². The lowest BCUT2D eigenvalue weighted by atomic mass is 10.0. The summed E-state index contributed by atoms with van der Waals surface area (Å²) in [5, 5.41) is -0.675. The molecule has 208 valence electrons. The van der Waals surface area contributed by atoms with Crippen LogP contribution in [0.3, 0.4) is 0 Å². The van der Waals surface area contributed by atoms with E-state index in [0.29, 0.717) is 23.7 Å². The van der Waals surface area contributed by atoms with Crippen molar-refractivity contribution in [3.05, 3.63) is 78.4 Å². The Bertz CT molecular complexity index is 1160. The Balaban J connectivity index is 1.47. The molecule has 3 aromatic carbocycles. The van der Waals surface area contributed by atoms with Gasteiger partial charge in [-0.15, -0.1) is 11.6 Å². The molecule has 39 heavy (non-hydrogen) atoms. The van der Waals surface area contributed by atoms with E-state index >= 15 is 0 Å². The molecular formula is C33H39ClO5. The number of unbranched alkanes of at least 4 members (excludes halogenated alkanes) is 5. The van der Waals surface area contributed by atoms with Crippen molar-refractivity contribution in [2.24, 2.45) is 5.92 Å². The highest BCUT2D eigenvalue weighted by atomic mass is 35.5. The predicted octanol–water partition coefficient (Wildman–Crippen LogP) is 8.87. The van der Waals surface area contributed by atoms with Crippen LogP contribution in [-0.2, 0) is 4.79 Å². The Labute approximate surface area is 237 Å². The molecule has 0 saturated heterocycles. The standard InChI is InChI=1S/C33H39ClO5/c1-4-6-7-8-9-10-23-37-28-17-15-27(16-18-28)32(35)38-29-19-11-25(12-20-29)26-13-21-30(22-14-26)39-33(36)31(34)24(3)5-2/h11-22,24,31H,4-10,23H2,1-3H3/t24-,31-/m0/s1. The SMILES string of the molecule is CCCCCCCCOc1ccc(C(=O)Oc2ccc(-c3ccc(OC(=O)[C@@H](Cl)[C@@H](C)CC)cc3)cc2)cc1. The fourth-order valence-corrected chi connectivity index (χ4v) is 4.19. The van der Waals surface area contributed by atoms with Gasteiger partial charge in [-0.3, -0.25) is 4.79 Å². The van der Waals surface area contributed by atoms with Crippen molar-refractivity contribution in [1.29, 1.82) is 0 Å². The number of alkyl halides is 1. The van der Waals surface area contributed by atoms with Crippen LogP contribution in [0, 0.1) is 5.92 Å². The van der Waals surface area contributed by atoms with Crippen molar-refractivity contribution in [3.63, 3.8) is 0 Å². The second-order valence-electron chi connectivity index (χ2n) is 9.79. The van der Waals surface area contributed by atoms with Gasteiger partial charge in [0.1, 0.15) is 22.6 Å². The van der Waals surface area contributed by atoms with Crippen molar-refractivity contribution in [2.75, 3.05) is 6.61 Å². The maximum Gasteiger partial charge on any atom is 0.343 e. The van der Waals surface area contributed by atoms with Crippen LogP contribution in [0.25, 0.3) is 11.1 Å². The molecule has 0 aliphatic rings. The summed E-state index contributed by atoms with van der Waals surface area (Å²) in [4.78, 5) is 24.8. The minimum absolute atomic E-state index is 0.0409. The first-order chi connectivity index (χ1) is 18.9. The molecule has 0 radical (unpaired) electrons. The van der Waals surface area contributed by atoms with Gasteiger partial charge in [0, 0.05) is 0 Å². The molecule has 6 heteroatoms. The molecule has 0 aliphatic carbocycles. The third kappa shape index (κ3) is 9.74. The second-order valence-corrected chi connectivity index (χ2v) is 10.3. The average Bonchev–Trinajstić information content (AvgIpc) is 2.97. The van der Waals surface area contributed by atoms with E-state index in [1.54, 1.807) is 48.5 Å². The quantitative estimate of drug-likeness (QED) is 0.0818. The van der Waals surface area contributed by atoms with Crippen LogP contribution in [-0.4, -0.2) is 23.9 Å². The average molecular weight is 551 g/mol. The van der Waals surface area contributed by atoms with Gasteiger partial charge in [-0.05, 0) is 72.0 Å². The van der Waals surface area contributed by atoms with E-state index in [1.807, 2.05) is 38.1 Å². The van der Waals surface area contributed by atoms with Gasteiger partial charge >= 0.3 is 11.9 Å². The summed E-state index contributed by atoms with van der Waals surface area (Å²) in [6.07, 6.45) is 8.10. The Kier molecular flexibility index (Phi) is 12.4. The minimum atomic E-state index is -0.675. The number of carbonyl (C=O) groups is 2. The highest BCUT2D eigenvalue weighted by molar-refractivity contribution is 6.30. The summed E-state index contributed by atoms with van der Waals surface area (Å²) in [5.74, 6) is 0.826. The molecule has 5 nitrogen and oxygen atoms in total. The third-order valence-electron chi connectivity index (χ3n) is 6.70. The molecule has 0 aliphatic heterocycles. The first kappa shape index (κ1) is 30.2. The van der Waals surface area contributed by atoms with Gasteiger partial charge < -0.3 is 14.2 Å². The Morgan fingerprint density at radius 1 is 0.692 bits per heavy atom. The molecule has 3 aromatic rings. The van der Waals surface area contributed by atoms with Crippen LogP contribution in [0.15, 0.2) is 72.8 Å². The van der Waals surface area contributed by atoms with E-state index in [9.17, 15) is 9.59 Å². The molecule has 0 heterocycles. The lowest BCUT2D eigenvalue weighted by Crippen LogP contribution is -2.26. The molecule has 0 unspecified atom stereocenters. The number of halogens is 1. The molecule has 2 atom stereocenters. The number of hydrogen-bond donors (Lipinski definition) is 0. The van der Waals surface area contributed by atoms with Crippen LogP contribution in [0.5, 0.6) is 17.2 Å². The lowest BCUT2D eigenvalue weighted by Gasteiger charge is -2.15. The summed E-state index contributed by atoms with van der Waals surface area (Å²) in [5.41, 5.74) is 2.34. The minimum Gasteiger partial charge on any atom is -0.494 e. The first-order valence-corrected chi connectivity index (χ1v) is 14.4. The zero-order valence-corrected chi connectivity index (χ0v) is 23.9. The van der Waals surface area contributed by atoms with E-state index < -0.39 is 17.3 Å². The highest BCUT2D eigenvalue weighted by Gasteiger charge is 2.23. The van der Waals surface area contributed by atoms with Gasteiger partial charge in [0.25, 0.3) is 0 Å². The molecule has 0 fully saturated rings. The van der Waals surface area contributed by atoms with Crippen LogP contribution < -0.4 is 14.2 Å². The smallest absolute Gasteiger partial charge is 0.343 e. The van der Waals surface area contributed by atoms with Crippen molar-refractivity contribution in [2.45, 2.75) is 71.1 Å². The maximum atomic E-state index is 12.6. The highest BCUT2D eigenvalue weighted by Crippen LogP contribution is 2.26. The van der Waals surface area contributed by atoms with Gasteiger partial charge in [0.15, 0.2) is 0 Å². The van der Waals surface area contributed by atoms with E-state index in [1.165, 1.54) is 32.1 Å². The summed E-state index contributed by atoms with van der Waals surface area (Å²) in [6.45, 7) is 6.81. The van der Waals surface area contributed by atoms with Crippen LogP contribution in [0.1, 0.15) is 76.1 Å². The monoisotopic (exact) mass is 550 g/mol. The normalized spacial score (nSPS) is 12.4. The number of carbonyl (C=O) groups excluding carboxylic acids is 2. The van der Waals surface area contributed by atoms with Gasteiger partial charge in [-0.1, -0.05) is 83.6 Å². The largest absolute Gasteiger partial charge is 0.494 e. The number of hydrogen-bond acceptors (Lipinski definition) is 5. The molecule has 0 aromatic heterocycles. The number of esters is 2. The first-order valence-electron chi connectivity index (χ1n) is 13.9. The van der Waals surface area contributed by atoms with Crippen molar-refractivity contribution >= 4 is 23.5 Å². The molecule has 0 spiro atoms. The Hall–Kier alpha value is -3.31. The molecule has 0 N–H and O–H groups in total. The fraction of sp³-hybridized carbons (Fsp3) is 0.394. The van der Waals surface area contributed by atoms with Crippen molar-refractivity contribution < 1.29 is 23.8 Å². The predicted molar refractivity (Wildman–Crippen MR) is 157 cm³/mol. The molecule has 0 amide bonds. The molecule has 0 bridgehead atoms. The van der Waals surface area contributed by atoms with Gasteiger partial charge in [-0.25, -0.2) is 4.79 Å². The summed E-state index contributed by atoms with van der Waals surface area (Å²) in [7, 11) is 0. The zero-order valence-electron chi connectivity index (χ0n) is 23.2. The Morgan fingerprint density at radius 2 is 1.21 bits per heavy atom. The molecule has 0 saturated carbocycles. The fourth-order valence-electron chi connectivity index (χ4n) is 3.97. The van der Waals surface area contributed by atoms with Gasteiger partial charge in [0.05, 0.1) is 12.2 Å². The molecule has 3 rings (SSSR count). The topological polar surface area (TPSA) is 61.8 Å². The second kappa shape index (κ2) is 15.9. The van der Waals surface area contributed by atoms with E-state index in [0.717, 1.165) is 29.7 Å². The number of benzene rings is 3. The number of ether oxygens (including phenoxy) is 3. The van der Waals surface area contributed by atoms with Crippen LogP contribution >= 0.6 is 11.6 Å². The summed E-state index contributed by atoms with van der Waals surface area (Å²) < 4.78 is 16.7. The van der Waals surface area contributed by atoms with E-state index in [-0.39, 0.29) is 5.92 Å². The lowest BCUT2D eigenvalue weighted by molar-refractivity contribution is -0.134. The van der Waals surface area contributed by atoms with Crippen LogP contribution in [0.4, 0.5) is 0 Å². The zero-order chi connectivity index (χ0) is 28.0. The van der Waals surface area contributed by atoms with E-state index in [2.05, 4.69) is 6.92 Å². The Morgan fingerprint density at radius 3 is 1.77 bits per heavy atom. The van der Waals surface area contributed by atoms with Gasteiger partial charge in [-0.2, -0.15) is 0 Å². The van der Waals surface area contributed by atoms with E-state index in [4.69, 9.17) is 25.8 Å². The summed E-state index contributed by atoms with van der Waals surface area (Å²) >= 11 is 6.18. The van der Waals surface area contributed by atoms with Crippen LogP contribution in [0.2, 0.25) is 0 Å². The van der Waals surface area contributed by atoms with Gasteiger partial charge in [0.2, 0.25) is 0 Å². The summed E-state index contributed by atoms with van der Waals surface area (Å²) in [6, 6.07) is 21.5. The molecular weight excluding hydrogens is 512 g/mol. The maximum absolute atomic E-state index is 12.6. The third-order valence-corrected chi connectivity index (χ3v) is 7.30.